The summed E-state index contributed by atoms with van der Waals surface area (Å²) in [5.41, 5.74) is -1.61. The summed E-state index contributed by atoms with van der Waals surface area (Å²) in [6.07, 6.45) is 2.67. The summed E-state index contributed by atoms with van der Waals surface area (Å²) in [4.78, 5) is 172. The van der Waals surface area contributed by atoms with Gasteiger partial charge in [0.2, 0.25) is 65.0 Å². The van der Waals surface area contributed by atoms with E-state index in [0.717, 1.165) is 14.7 Å². The molecule has 0 aromatic rings. The van der Waals surface area contributed by atoms with Gasteiger partial charge in [0.15, 0.2) is 0 Å². The number of hydrogen-bond donors (Lipinski definition) is 7. The Balaban J connectivity index is 4.58. The molecule has 13 atom stereocenters. The van der Waals surface area contributed by atoms with Crippen LogP contribution in [0.1, 0.15) is 163 Å². The fourth-order valence-electron chi connectivity index (χ4n) is 11.6. The van der Waals surface area contributed by atoms with Crippen molar-refractivity contribution in [3.05, 3.63) is 12.2 Å². The van der Waals surface area contributed by atoms with Crippen LogP contribution in [-0.2, 0) is 57.5 Å². The summed E-state index contributed by atoms with van der Waals surface area (Å²) in [5, 5.41) is 44.0. The highest BCUT2D eigenvalue weighted by Crippen LogP contribution is 2.27. The number of carbonyl (C=O) groups excluding carboxylic acids is 11. The number of carbonyl (C=O) groups is 11. The number of rotatable bonds is 23. The molecule has 0 aliphatic carbocycles. The molecule has 1 fully saturated rings. The number of likely N-dealkylation sites (N-methyl/N-ethyl adjacent to an activating group) is 7. The van der Waals surface area contributed by atoms with Gasteiger partial charge in [0.25, 0.3) is 0 Å². The fourth-order valence-corrected chi connectivity index (χ4v) is 12.6. The lowest BCUT2D eigenvalue weighted by Gasteiger charge is -2.41. The summed E-state index contributed by atoms with van der Waals surface area (Å²) < 4.78 is 5.48. The van der Waals surface area contributed by atoms with Crippen molar-refractivity contribution in [1.29, 1.82) is 0 Å². The quantitative estimate of drug-likeness (QED) is 0.0571. The fraction of sp³-hybridized carbons (Fsp3) is 0.809. The van der Waals surface area contributed by atoms with Crippen LogP contribution < -0.4 is 21.3 Å². The summed E-state index contributed by atoms with van der Waals surface area (Å²) in [6, 6.07) is -14.7. The van der Waals surface area contributed by atoms with Crippen molar-refractivity contribution in [2.75, 3.05) is 80.7 Å². The SMILES string of the molecule is C/C=C/C[C@@H](C)[C@@H](O)[C@H]1C(=O)N[C@@H](CC)C(=O)N(C)[C@H](CSCCOCCO)C(=O)N(C)[C@@H](CC(C)(C)O)C(=O)N[C@H](C(C)C)C(=O)N(C)[C@H](CCC(C)C)C(=O)N[C@H](C)C(=O)N[C@@H](C)C(=O)N(C)[C@@H](CC(C)C)C(=O)N(C)[C@@H](CC(C)C)C(=O)N(C)[C@@H](C(C)C)C(=O)N1C. The minimum Gasteiger partial charge on any atom is -0.394 e. The summed E-state index contributed by atoms with van der Waals surface area (Å²) >= 11 is 1.22. The molecule has 1 rings (SSSR count). The number of amides is 11. The van der Waals surface area contributed by atoms with E-state index in [1.54, 1.807) is 60.6 Å². The van der Waals surface area contributed by atoms with Crippen LogP contribution in [0.15, 0.2) is 12.2 Å². The predicted octanol–water partition coefficient (Wildman–Crippen LogP) is 2.88. The van der Waals surface area contributed by atoms with E-state index in [0.29, 0.717) is 6.42 Å². The van der Waals surface area contributed by atoms with Gasteiger partial charge in [-0.05, 0) is 109 Å². The van der Waals surface area contributed by atoms with Crippen LogP contribution in [0, 0.1) is 35.5 Å². The summed E-state index contributed by atoms with van der Waals surface area (Å²) in [6.45, 7) is 28.9. The Bertz CT molecular complexity index is 2570. The molecule has 1 saturated heterocycles. The van der Waals surface area contributed by atoms with Crippen molar-refractivity contribution in [1.82, 2.24) is 55.6 Å². The Morgan fingerprint density at radius 2 is 1.01 bits per heavy atom. The molecule has 0 bridgehead atoms. The molecule has 0 aromatic heterocycles. The first-order chi connectivity index (χ1) is 44.0. The number of nitrogens with zero attached hydrogens (tertiary/aromatic N) is 7. The third-order valence-electron chi connectivity index (χ3n) is 17.6. The molecule has 26 nitrogen and oxygen atoms in total. The van der Waals surface area contributed by atoms with Crippen LogP contribution in [0.2, 0.25) is 0 Å². The smallest absolute Gasteiger partial charge is 0.246 e. The van der Waals surface area contributed by atoms with Gasteiger partial charge < -0.3 is 75.6 Å². The molecule has 546 valence electrons. The highest BCUT2D eigenvalue weighted by atomic mass is 32.2. The van der Waals surface area contributed by atoms with E-state index in [-0.39, 0.29) is 87.6 Å². The first-order valence-corrected chi connectivity index (χ1v) is 35.0. The summed E-state index contributed by atoms with van der Waals surface area (Å²) in [5.74, 6) is -10.2. The van der Waals surface area contributed by atoms with Gasteiger partial charge in [0.05, 0.1) is 31.5 Å². The van der Waals surface area contributed by atoms with E-state index in [1.807, 2.05) is 41.5 Å². The second-order valence-electron chi connectivity index (χ2n) is 28.4. The molecule has 1 aliphatic rings. The first-order valence-electron chi connectivity index (χ1n) is 33.8. The summed E-state index contributed by atoms with van der Waals surface area (Å²) in [7, 11) is 9.73. The third kappa shape index (κ3) is 26.1. The molecule has 11 amide bonds. The maximum Gasteiger partial charge on any atom is 0.246 e. The van der Waals surface area contributed by atoms with E-state index in [9.17, 15) is 39.3 Å². The highest BCUT2D eigenvalue weighted by molar-refractivity contribution is 7.99. The molecule has 1 aliphatic heterocycles. The van der Waals surface area contributed by atoms with Gasteiger partial charge in [-0.2, -0.15) is 11.8 Å². The largest absolute Gasteiger partial charge is 0.394 e. The third-order valence-corrected chi connectivity index (χ3v) is 18.6. The minimum atomic E-state index is -1.68. The molecule has 0 radical (unpaired) electrons. The molecule has 0 unspecified atom stereocenters. The zero-order valence-electron chi connectivity index (χ0n) is 61.8. The molecule has 1 heterocycles. The molecule has 0 aromatic carbocycles. The van der Waals surface area contributed by atoms with Gasteiger partial charge in [-0.15, -0.1) is 0 Å². The van der Waals surface area contributed by atoms with Crippen LogP contribution in [0.25, 0.3) is 0 Å². The van der Waals surface area contributed by atoms with E-state index in [1.165, 1.54) is 108 Å². The highest BCUT2D eigenvalue weighted by Gasteiger charge is 2.47. The van der Waals surface area contributed by atoms with Gasteiger partial charge in [-0.1, -0.05) is 95.2 Å². The van der Waals surface area contributed by atoms with Gasteiger partial charge in [0.1, 0.15) is 66.5 Å². The minimum absolute atomic E-state index is 0.0474. The van der Waals surface area contributed by atoms with E-state index in [2.05, 4.69) is 21.3 Å². The van der Waals surface area contributed by atoms with Crippen molar-refractivity contribution < 1.29 is 72.8 Å². The van der Waals surface area contributed by atoms with Crippen molar-refractivity contribution in [2.45, 2.75) is 241 Å². The molecular weight excluding hydrogens is 1240 g/mol. The lowest BCUT2D eigenvalue weighted by atomic mass is 9.91. The number of aliphatic hydroxyl groups excluding tert-OH is 2. The van der Waals surface area contributed by atoms with Crippen molar-refractivity contribution in [3.8, 4) is 0 Å². The molecule has 7 N–H and O–H groups in total. The Labute approximate surface area is 571 Å². The maximum absolute atomic E-state index is 15.3. The average molecular weight is 1370 g/mol. The number of allylic oxidation sites excluding steroid dienone is 2. The van der Waals surface area contributed by atoms with Crippen LogP contribution >= 0.6 is 11.8 Å². The van der Waals surface area contributed by atoms with E-state index in [4.69, 9.17) is 4.74 Å². The van der Waals surface area contributed by atoms with Crippen LogP contribution in [0.5, 0.6) is 0 Å². The Kier molecular flexibility index (Phi) is 37.3. The van der Waals surface area contributed by atoms with Crippen LogP contribution in [0.3, 0.4) is 0 Å². The standard InChI is InChI=1S/C68H123N11O15S/c1-25-27-28-44(13)56(81)55-60(85)71-47(26-2)62(87)77(22)52(38-95-34-33-94-32-31-80)65(90)76(21)51(37-68(16,17)93)59(84)72-53(42(9)10)66(91)73(18)48(30-29-39(3)4)58(83)69-45(14)57(82)70-46(15)61(86)74(19)49(35-40(5)6)63(88)75(20)50(36-41(7)8)64(89)78(23)54(43(11)12)67(92)79(55)24/h25,27,39-56,80-81,93H,26,28-38H2,1-24H3,(H,69,83)(H,70,82)(H,71,85)(H,72,84)/b27-25+/t44-,45-,46+,47+,48-,49+,50+,51+,52-,53-,54+,55+,56-/m1/s1. The second-order valence-corrected chi connectivity index (χ2v) is 29.6. The Morgan fingerprint density at radius 1 is 0.537 bits per heavy atom. The van der Waals surface area contributed by atoms with Crippen molar-refractivity contribution >= 4 is 76.7 Å². The normalized spacial score (nSPS) is 26.3. The monoisotopic (exact) mass is 1370 g/mol. The van der Waals surface area contributed by atoms with Crippen LogP contribution in [0.4, 0.5) is 0 Å². The van der Waals surface area contributed by atoms with E-state index < -0.39 is 161 Å². The molecule has 95 heavy (non-hydrogen) atoms. The lowest BCUT2D eigenvalue weighted by molar-refractivity contribution is -0.157. The van der Waals surface area contributed by atoms with Gasteiger partial charge in [0, 0.05) is 67.3 Å². The zero-order valence-corrected chi connectivity index (χ0v) is 62.6. The first kappa shape index (κ1) is 87.1. The van der Waals surface area contributed by atoms with Gasteiger partial charge >= 0.3 is 0 Å². The zero-order chi connectivity index (χ0) is 73.4. The van der Waals surface area contributed by atoms with Crippen molar-refractivity contribution in [2.24, 2.45) is 35.5 Å². The molecule has 27 heteroatoms. The number of nitrogens with one attached hydrogen (secondary N) is 4. The maximum atomic E-state index is 15.3. The van der Waals surface area contributed by atoms with E-state index >= 15 is 28.8 Å². The number of aliphatic hydroxyl groups is 3. The number of hydrogen-bond acceptors (Lipinski definition) is 16. The number of ether oxygens (including phenoxy) is 1. The Morgan fingerprint density at radius 3 is 1.49 bits per heavy atom. The van der Waals surface area contributed by atoms with Gasteiger partial charge in [-0.3, -0.25) is 52.7 Å². The average Bonchev–Trinajstić information content (AvgIpc) is 0.815. The molecule has 0 saturated carbocycles. The number of thioether (sulfide) groups is 1. The van der Waals surface area contributed by atoms with Crippen LogP contribution in [-0.4, -0.2) is 273 Å². The Hall–Kier alpha value is -5.90. The molecule has 0 spiro atoms. The topological polar surface area (TPSA) is 328 Å². The second kappa shape index (κ2) is 40.7. The lowest BCUT2D eigenvalue weighted by Crippen LogP contribution is -2.64. The predicted molar refractivity (Wildman–Crippen MR) is 369 cm³/mol. The molecular formula is C68H123N11O15S. The van der Waals surface area contributed by atoms with Gasteiger partial charge in [-0.25, -0.2) is 0 Å². The van der Waals surface area contributed by atoms with Crippen molar-refractivity contribution in [3.63, 3.8) is 0 Å².